The molecule has 92 heavy (non-hydrogen) atoms. The molecule has 0 aromatic heterocycles. The van der Waals surface area contributed by atoms with Crippen molar-refractivity contribution in [1.82, 2.24) is 0 Å². The van der Waals surface area contributed by atoms with E-state index in [4.69, 9.17) is 18.5 Å². The first-order valence-corrected chi connectivity index (χ1v) is 40.1. The number of esters is 2. The van der Waals surface area contributed by atoms with Crippen LogP contribution in [0.25, 0.3) is 0 Å². The fourth-order valence-electron chi connectivity index (χ4n) is 11.0. The van der Waals surface area contributed by atoms with Crippen molar-refractivity contribution in [1.29, 1.82) is 0 Å². The highest BCUT2D eigenvalue weighted by atomic mass is 31.2. The lowest BCUT2D eigenvalue weighted by molar-refractivity contribution is -0.870. The maximum absolute atomic E-state index is 12.9. The summed E-state index contributed by atoms with van der Waals surface area (Å²) in [6.07, 6.45) is 102. The van der Waals surface area contributed by atoms with Gasteiger partial charge in [0, 0.05) is 12.8 Å². The van der Waals surface area contributed by atoms with E-state index in [1.807, 2.05) is 21.1 Å². The number of hydrogen-bond acceptors (Lipinski definition) is 7. The maximum Gasteiger partial charge on any atom is 0.472 e. The maximum atomic E-state index is 12.9. The Kier molecular flexibility index (Phi) is 69.3. The summed E-state index contributed by atoms with van der Waals surface area (Å²) in [5.74, 6) is -0.830. The highest BCUT2D eigenvalue weighted by Crippen LogP contribution is 2.43. The number of nitrogens with zero attached hydrogens (tertiary/aromatic N) is 1. The van der Waals surface area contributed by atoms with Gasteiger partial charge in [0.05, 0.1) is 27.7 Å². The number of quaternary nitrogens is 1. The largest absolute Gasteiger partial charge is 0.472 e. The molecule has 0 aromatic rings. The third-order valence-electron chi connectivity index (χ3n) is 16.8. The van der Waals surface area contributed by atoms with Crippen molar-refractivity contribution in [2.75, 3.05) is 47.5 Å². The Balaban J connectivity index is 4.03. The van der Waals surface area contributed by atoms with Crippen LogP contribution in [0.5, 0.6) is 0 Å². The SMILES string of the molecule is CC/C=C\C/C=C\C/C=C\C/C=C\C/C=C\C/C=C\C/C=C\C/C=C\C/C=C\CCCCCC(=O)OC(COC(=O)CCCCCCCCCCCCCCCCCCCCCCCCCCCCCCCCCCCCCCC)COP(=O)(O)OCC[N+](C)(C)C. The number of carbonyl (C=O) groups excluding carboxylic acids is 2. The molecule has 0 bridgehead atoms. The van der Waals surface area contributed by atoms with Crippen molar-refractivity contribution in [3.05, 3.63) is 109 Å². The van der Waals surface area contributed by atoms with E-state index in [1.54, 1.807) is 0 Å². The molecule has 0 aromatic carbocycles. The predicted molar refractivity (Wildman–Crippen MR) is 399 cm³/mol. The summed E-state index contributed by atoms with van der Waals surface area (Å²) in [4.78, 5) is 35.9. The van der Waals surface area contributed by atoms with Gasteiger partial charge in [0.1, 0.15) is 19.8 Å². The van der Waals surface area contributed by atoms with E-state index in [2.05, 4.69) is 123 Å². The van der Waals surface area contributed by atoms with Gasteiger partial charge in [-0.3, -0.25) is 18.6 Å². The van der Waals surface area contributed by atoms with Crippen LogP contribution in [0.3, 0.4) is 0 Å². The molecule has 0 radical (unpaired) electrons. The van der Waals surface area contributed by atoms with Crippen LogP contribution < -0.4 is 0 Å². The van der Waals surface area contributed by atoms with Gasteiger partial charge in [-0.1, -0.05) is 361 Å². The summed E-state index contributed by atoms with van der Waals surface area (Å²) >= 11 is 0. The lowest BCUT2D eigenvalue weighted by Crippen LogP contribution is -2.37. The van der Waals surface area contributed by atoms with Crippen LogP contribution in [0, 0.1) is 0 Å². The zero-order valence-electron chi connectivity index (χ0n) is 60.8. The molecule has 2 unspecified atom stereocenters. The summed E-state index contributed by atoms with van der Waals surface area (Å²) in [6, 6.07) is 0. The molecule has 0 aliphatic rings. The molecule has 0 amide bonds. The molecular weight excluding hydrogens is 1160 g/mol. The molecule has 0 fully saturated rings. The third kappa shape index (κ3) is 75.7. The van der Waals surface area contributed by atoms with E-state index in [9.17, 15) is 19.0 Å². The molecular formula is C82H147NO8P+. The van der Waals surface area contributed by atoms with Gasteiger partial charge in [0.25, 0.3) is 0 Å². The Bertz CT molecular complexity index is 1920. The molecule has 0 aliphatic carbocycles. The minimum atomic E-state index is -4.41. The first-order valence-electron chi connectivity index (χ1n) is 38.6. The summed E-state index contributed by atoms with van der Waals surface area (Å²) in [5.41, 5.74) is 0. The fourth-order valence-corrected chi connectivity index (χ4v) is 11.7. The quantitative estimate of drug-likeness (QED) is 0.0211. The van der Waals surface area contributed by atoms with Crippen LogP contribution in [0.2, 0.25) is 0 Å². The van der Waals surface area contributed by atoms with Gasteiger partial charge < -0.3 is 18.9 Å². The second kappa shape index (κ2) is 72.0. The van der Waals surface area contributed by atoms with Gasteiger partial charge in [-0.15, -0.1) is 0 Å². The predicted octanol–water partition coefficient (Wildman–Crippen LogP) is 25.6. The van der Waals surface area contributed by atoms with Crippen molar-refractivity contribution >= 4 is 19.8 Å². The van der Waals surface area contributed by atoms with Gasteiger partial charge in [0.15, 0.2) is 6.10 Å². The fraction of sp³-hybridized carbons (Fsp3) is 0.756. The average Bonchev–Trinajstić information content (AvgIpc) is 2.14. The van der Waals surface area contributed by atoms with Gasteiger partial charge in [-0.05, 0) is 83.5 Å². The Labute approximate surface area is 569 Å². The topological polar surface area (TPSA) is 108 Å². The second-order valence-corrected chi connectivity index (χ2v) is 28.5. The molecule has 2 atom stereocenters. The number of phosphoric ester groups is 1. The number of ether oxygens (including phenoxy) is 2. The molecule has 0 saturated carbocycles. The van der Waals surface area contributed by atoms with E-state index >= 15 is 0 Å². The Morgan fingerprint density at radius 2 is 0.620 bits per heavy atom. The van der Waals surface area contributed by atoms with E-state index in [1.165, 1.54) is 218 Å². The van der Waals surface area contributed by atoms with E-state index < -0.39 is 26.5 Å². The zero-order valence-corrected chi connectivity index (χ0v) is 61.7. The van der Waals surface area contributed by atoms with Gasteiger partial charge in [-0.25, -0.2) is 4.57 Å². The average molecular weight is 1310 g/mol. The molecule has 0 heterocycles. The van der Waals surface area contributed by atoms with Crippen molar-refractivity contribution in [3.8, 4) is 0 Å². The van der Waals surface area contributed by atoms with Crippen LogP contribution in [-0.2, 0) is 32.7 Å². The molecule has 0 saturated heterocycles. The highest BCUT2D eigenvalue weighted by molar-refractivity contribution is 7.47. The molecule has 532 valence electrons. The normalized spacial score (nSPS) is 13.7. The molecule has 1 N–H and O–H groups in total. The number of carbonyl (C=O) groups is 2. The summed E-state index contributed by atoms with van der Waals surface area (Å²) in [7, 11) is 1.45. The standard InChI is InChI=1S/C82H146NO8P/c1-6-8-10-12-14-16-18-20-22-24-26-28-30-32-34-36-38-39-40-41-42-43-45-46-48-50-52-54-56-58-60-62-64-66-68-70-72-74-81(84)88-78-80(79-90-92(86,87)89-77-76-83(3,4)5)91-82(85)75-73-71-69-67-65-63-61-59-57-55-53-51-49-47-44-37-35-33-31-29-27-25-23-21-19-17-15-13-11-9-7-2/h9,11,15,17,21,23,27,29,33,35,44,47,51,53,57,59,63,65,80H,6-8,10,12-14,16,18-20,22,24-26,28,30-32,34,36-43,45-46,48-50,52,54-56,58,60-62,64,66-79H2,1-5H3/p+1/b11-9-,17-15-,23-21-,29-27-,35-33-,47-44-,53-51-,59-57-,65-63-. The van der Waals surface area contributed by atoms with E-state index in [0.29, 0.717) is 17.4 Å². The summed E-state index contributed by atoms with van der Waals surface area (Å²) < 4.78 is 34.7. The Morgan fingerprint density at radius 3 is 0.924 bits per heavy atom. The van der Waals surface area contributed by atoms with Crippen molar-refractivity contribution < 1.29 is 42.1 Å². The lowest BCUT2D eigenvalue weighted by atomic mass is 10.0. The van der Waals surface area contributed by atoms with E-state index in [-0.39, 0.29) is 32.0 Å². The molecule has 10 heteroatoms. The number of hydrogen-bond donors (Lipinski definition) is 1. The summed E-state index contributed by atoms with van der Waals surface area (Å²) in [5, 5.41) is 0. The van der Waals surface area contributed by atoms with Gasteiger partial charge in [0.2, 0.25) is 0 Å². The minimum absolute atomic E-state index is 0.0207. The van der Waals surface area contributed by atoms with Crippen molar-refractivity contribution in [2.45, 2.75) is 354 Å². The smallest absolute Gasteiger partial charge is 0.462 e. The van der Waals surface area contributed by atoms with Crippen LogP contribution >= 0.6 is 7.82 Å². The number of likely N-dealkylation sites (N-methyl/N-ethyl adjacent to an activating group) is 1. The van der Waals surface area contributed by atoms with Gasteiger partial charge in [-0.2, -0.15) is 0 Å². The monoisotopic (exact) mass is 1310 g/mol. The Hall–Kier alpha value is -3.33. The lowest BCUT2D eigenvalue weighted by Gasteiger charge is -2.24. The minimum Gasteiger partial charge on any atom is -0.462 e. The van der Waals surface area contributed by atoms with Crippen molar-refractivity contribution in [2.24, 2.45) is 0 Å². The molecule has 0 rings (SSSR count). The van der Waals surface area contributed by atoms with Crippen LogP contribution in [0.1, 0.15) is 348 Å². The second-order valence-electron chi connectivity index (χ2n) is 27.0. The summed E-state index contributed by atoms with van der Waals surface area (Å²) in [6.45, 7) is 4.32. The van der Waals surface area contributed by atoms with Crippen LogP contribution in [0.4, 0.5) is 0 Å². The van der Waals surface area contributed by atoms with Crippen LogP contribution in [0.15, 0.2) is 109 Å². The Morgan fingerprint density at radius 1 is 0.348 bits per heavy atom. The van der Waals surface area contributed by atoms with Crippen molar-refractivity contribution in [3.63, 3.8) is 0 Å². The highest BCUT2D eigenvalue weighted by Gasteiger charge is 2.27. The van der Waals surface area contributed by atoms with E-state index in [0.717, 1.165) is 96.3 Å². The first kappa shape index (κ1) is 88.7. The number of unbranched alkanes of at least 4 members (excludes halogenated alkanes) is 39. The first-order chi connectivity index (χ1) is 45.0. The van der Waals surface area contributed by atoms with Gasteiger partial charge >= 0.3 is 19.8 Å². The number of rotatable bonds is 71. The zero-order chi connectivity index (χ0) is 66.9. The van der Waals surface area contributed by atoms with Crippen LogP contribution in [-0.4, -0.2) is 74.9 Å². The number of phosphoric acid groups is 1. The third-order valence-corrected chi connectivity index (χ3v) is 17.8. The molecule has 0 aliphatic heterocycles. The molecule has 9 nitrogen and oxygen atoms in total. The molecule has 0 spiro atoms. The number of allylic oxidation sites excluding steroid dienone is 18.